The van der Waals surface area contributed by atoms with Crippen LogP contribution in [0, 0.1) is 5.92 Å². The first-order valence-electron chi connectivity index (χ1n) is 6.05. The van der Waals surface area contributed by atoms with E-state index in [4.69, 9.17) is 5.73 Å². The first-order valence-corrected chi connectivity index (χ1v) is 7.49. The van der Waals surface area contributed by atoms with E-state index in [2.05, 4.69) is 16.7 Å². The van der Waals surface area contributed by atoms with Crippen LogP contribution in [0.15, 0.2) is 0 Å². The highest BCUT2D eigenvalue weighted by atomic mass is 32.2. The van der Waals surface area contributed by atoms with Crippen LogP contribution in [0.1, 0.15) is 12.8 Å². The van der Waals surface area contributed by atoms with Crippen LogP contribution in [-0.2, 0) is 10.2 Å². The molecular formula is C10H24N4O2S. The largest absolute Gasteiger partial charge is 0.330 e. The molecule has 0 bridgehead atoms. The lowest BCUT2D eigenvalue weighted by molar-refractivity contribution is 0.391. The maximum Gasteiger partial charge on any atom is 0.279 e. The van der Waals surface area contributed by atoms with E-state index in [-0.39, 0.29) is 0 Å². The average Bonchev–Trinajstić information content (AvgIpc) is 2.69. The van der Waals surface area contributed by atoms with Gasteiger partial charge in [-0.15, -0.1) is 0 Å². The molecule has 0 aromatic heterocycles. The first kappa shape index (κ1) is 14.8. The van der Waals surface area contributed by atoms with Crippen molar-refractivity contribution in [3.8, 4) is 0 Å². The van der Waals surface area contributed by atoms with Gasteiger partial charge in [-0.3, -0.25) is 0 Å². The van der Waals surface area contributed by atoms with Crippen LogP contribution in [0.25, 0.3) is 0 Å². The summed E-state index contributed by atoms with van der Waals surface area (Å²) >= 11 is 0. The van der Waals surface area contributed by atoms with Gasteiger partial charge in [0, 0.05) is 26.7 Å². The summed E-state index contributed by atoms with van der Waals surface area (Å²) in [6.07, 6.45) is 1.75. The highest BCUT2D eigenvalue weighted by Crippen LogP contribution is 2.13. The third kappa shape index (κ3) is 4.89. The molecule has 1 atom stereocenters. The Morgan fingerprint density at radius 1 is 1.53 bits per heavy atom. The molecule has 7 heteroatoms. The van der Waals surface area contributed by atoms with Gasteiger partial charge in [-0.2, -0.15) is 12.7 Å². The first-order chi connectivity index (χ1) is 7.95. The maximum absolute atomic E-state index is 11.8. The molecule has 1 heterocycles. The van der Waals surface area contributed by atoms with E-state index in [0.29, 0.717) is 32.0 Å². The van der Waals surface area contributed by atoms with Crippen molar-refractivity contribution in [1.82, 2.24) is 13.9 Å². The van der Waals surface area contributed by atoms with Gasteiger partial charge in [0.15, 0.2) is 0 Å². The van der Waals surface area contributed by atoms with Crippen molar-refractivity contribution in [1.29, 1.82) is 0 Å². The molecule has 0 spiro atoms. The molecule has 0 amide bonds. The normalized spacial score (nSPS) is 22.5. The molecule has 1 aliphatic heterocycles. The quantitative estimate of drug-likeness (QED) is 0.622. The number of rotatable bonds is 7. The zero-order valence-electron chi connectivity index (χ0n) is 10.7. The molecule has 3 N–H and O–H groups in total. The molecular weight excluding hydrogens is 240 g/mol. The average molecular weight is 264 g/mol. The molecule has 0 aromatic carbocycles. The van der Waals surface area contributed by atoms with Crippen molar-refractivity contribution in [3.05, 3.63) is 0 Å². The monoisotopic (exact) mass is 264 g/mol. The number of hydrogen-bond acceptors (Lipinski definition) is 4. The van der Waals surface area contributed by atoms with Crippen molar-refractivity contribution in [2.24, 2.45) is 11.7 Å². The SMILES string of the molecule is CN1CCC(CNS(=O)(=O)N(C)CCCN)C1. The van der Waals surface area contributed by atoms with Gasteiger partial charge in [0.1, 0.15) is 0 Å². The lowest BCUT2D eigenvalue weighted by Crippen LogP contribution is -2.41. The van der Waals surface area contributed by atoms with Gasteiger partial charge in [-0.1, -0.05) is 0 Å². The Bertz CT molecular complexity index is 320. The predicted octanol–water partition coefficient (Wildman–Crippen LogP) is -0.947. The summed E-state index contributed by atoms with van der Waals surface area (Å²) in [7, 11) is 0.311. The Morgan fingerprint density at radius 3 is 2.76 bits per heavy atom. The fraction of sp³-hybridized carbons (Fsp3) is 1.00. The highest BCUT2D eigenvalue weighted by molar-refractivity contribution is 7.87. The standard InChI is InChI=1S/C10H24N4O2S/c1-13-7-4-10(9-13)8-12-17(15,16)14(2)6-3-5-11/h10,12H,3-9,11H2,1-2H3. The van der Waals surface area contributed by atoms with Gasteiger partial charge in [-0.25, -0.2) is 4.72 Å². The molecule has 1 unspecified atom stereocenters. The molecule has 102 valence electrons. The van der Waals surface area contributed by atoms with E-state index in [9.17, 15) is 8.42 Å². The minimum absolute atomic E-state index is 0.428. The smallest absolute Gasteiger partial charge is 0.279 e. The predicted molar refractivity (Wildman–Crippen MR) is 68.8 cm³/mol. The summed E-state index contributed by atoms with van der Waals surface area (Å²) in [5, 5.41) is 0. The van der Waals surface area contributed by atoms with Crippen molar-refractivity contribution in [3.63, 3.8) is 0 Å². The van der Waals surface area contributed by atoms with Gasteiger partial charge in [0.25, 0.3) is 10.2 Å². The molecule has 0 aromatic rings. The second kappa shape index (κ2) is 6.65. The van der Waals surface area contributed by atoms with Crippen molar-refractivity contribution < 1.29 is 8.42 Å². The van der Waals surface area contributed by atoms with Crippen molar-refractivity contribution in [2.75, 3.05) is 46.8 Å². The highest BCUT2D eigenvalue weighted by Gasteiger charge is 2.23. The van der Waals surface area contributed by atoms with Crippen molar-refractivity contribution >= 4 is 10.2 Å². The summed E-state index contributed by atoms with van der Waals surface area (Å²) < 4.78 is 27.7. The molecule has 1 saturated heterocycles. The summed E-state index contributed by atoms with van der Waals surface area (Å²) in [6, 6.07) is 0. The van der Waals surface area contributed by atoms with E-state index in [1.165, 1.54) is 4.31 Å². The molecule has 0 aliphatic carbocycles. The molecule has 1 rings (SSSR count). The zero-order chi connectivity index (χ0) is 12.9. The van der Waals surface area contributed by atoms with Gasteiger partial charge in [0.2, 0.25) is 0 Å². The summed E-state index contributed by atoms with van der Waals surface area (Å²) in [6.45, 7) is 3.52. The molecule has 1 aliphatic rings. The number of nitrogens with two attached hydrogens (primary N) is 1. The van der Waals surface area contributed by atoms with Crippen LogP contribution < -0.4 is 10.5 Å². The minimum Gasteiger partial charge on any atom is -0.330 e. The fourth-order valence-corrected chi connectivity index (χ4v) is 3.00. The third-order valence-electron chi connectivity index (χ3n) is 3.13. The Morgan fingerprint density at radius 2 is 2.24 bits per heavy atom. The topological polar surface area (TPSA) is 78.7 Å². The van der Waals surface area contributed by atoms with Crippen LogP contribution in [-0.4, -0.2) is 64.4 Å². The van der Waals surface area contributed by atoms with Gasteiger partial charge < -0.3 is 10.6 Å². The van der Waals surface area contributed by atoms with Crippen LogP contribution in [0.3, 0.4) is 0 Å². The Labute approximate surface area is 104 Å². The Kier molecular flexibility index (Phi) is 5.81. The van der Waals surface area contributed by atoms with E-state index in [0.717, 1.165) is 19.5 Å². The third-order valence-corrected chi connectivity index (χ3v) is 4.67. The molecule has 0 saturated carbocycles. The van der Waals surface area contributed by atoms with E-state index in [1.54, 1.807) is 7.05 Å². The molecule has 0 radical (unpaired) electrons. The Hall–Kier alpha value is -0.210. The van der Waals surface area contributed by atoms with Crippen molar-refractivity contribution in [2.45, 2.75) is 12.8 Å². The van der Waals surface area contributed by atoms with Crippen LogP contribution in [0.5, 0.6) is 0 Å². The summed E-state index contributed by atoms with van der Waals surface area (Å²) in [5.74, 6) is 0.428. The van der Waals surface area contributed by atoms with E-state index >= 15 is 0 Å². The molecule has 6 nitrogen and oxygen atoms in total. The van der Waals surface area contributed by atoms with Crippen LogP contribution in [0.2, 0.25) is 0 Å². The van der Waals surface area contributed by atoms with Crippen LogP contribution in [0.4, 0.5) is 0 Å². The number of nitrogens with zero attached hydrogens (tertiary/aromatic N) is 2. The van der Waals surface area contributed by atoms with E-state index < -0.39 is 10.2 Å². The van der Waals surface area contributed by atoms with Gasteiger partial charge in [0.05, 0.1) is 0 Å². The number of likely N-dealkylation sites (tertiary alicyclic amines) is 1. The summed E-state index contributed by atoms with van der Waals surface area (Å²) in [4.78, 5) is 2.22. The second-order valence-electron chi connectivity index (χ2n) is 4.73. The second-order valence-corrected chi connectivity index (χ2v) is 6.60. The zero-order valence-corrected chi connectivity index (χ0v) is 11.5. The van der Waals surface area contributed by atoms with Crippen LogP contribution >= 0.6 is 0 Å². The summed E-state index contributed by atoms with van der Waals surface area (Å²) in [5.41, 5.74) is 5.36. The molecule has 1 fully saturated rings. The lowest BCUT2D eigenvalue weighted by Gasteiger charge is -2.19. The Balaban J connectivity index is 2.33. The number of nitrogens with one attached hydrogen (secondary N) is 1. The maximum atomic E-state index is 11.8. The minimum atomic E-state index is -3.33. The van der Waals surface area contributed by atoms with Gasteiger partial charge >= 0.3 is 0 Å². The van der Waals surface area contributed by atoms with Gasteiger partial charge in [-0.05, 0) is 38.9 Å². The van der Waals surface area contributed by atoms with E-state index in [1.807, 2.05) is 0 Å². The lowest BCUT2D eigenvalue weighted by atomic mass is 10.1. The fourth-order valence-electron chi connectivity index (χ4n) is 1.96. The molecule has 17 heavy (non-hydrogen) atoms. The number of hydrogen-bond donors (Lipinski definition) is 2.